The number of hydrogen-bond donors (Lipinski definition) is 1. The Bertz CT molecular complexity index is 1060. The third-order valence-corrected chi connectivity index (χ3v) is 5.82. The van der Waals surface area contributed by atoms with E-state index in [4.69, 9.17) is 23.2 Å². The van der Waals surface area contributed by atoms with Gasteiger partial charge in [-0.05, 0) is 42.0 Å². The van der Waals surface area contributed by atoms with Crippen LogP contribution in [0.5, 0.6) is 0 Å². The summed E-state index contributed by atoms with van der Waals surface area (Å²) >= 11 is 12.1. The van der Waals surface area contributed by atoms with Crippen LogP contribution in [0.3, 0.4) is 0 Å². The average molecular weight is 437 g/mol. The molecule has 2 aliphatic heterocycles. The molecule has 1 atom stereocenters. The van der Waals surface area contributed by atoms with Gasteiger partial charge in [0.05, 0.1) is 0 Å². The average Bonchev–Trinajstić information content (AvgIpc) is 3.08. The number of amides is 2. The zero-order valence-electron chi connectivity index (χ0n) is 15.0. The van der Waals surface area contributed by atoms with Gasteiger partial charge in [0.15, 0.2) is 0 Å². The predicted octanol–water partition coefficient (Wildman–Crippen LogP) is 3.23. The fourth-order valence-electron chi connectivity index (χ4n) is 4.08. The zero-order chi connectivity index (χ0) is 20.9. The molecule has 2 aromatic carbocycles. The molecule has 1 N–H and O–H groups in total. The number of hydrogen-bond acceptors (Lipinski definition) is 3. The predicted molar refractivity (Wildman–Crippen MR) is 105 cm³/mol. The smallest absolute Gasteiger partial charge is 0.323 e. The first kappa shape index (κ1) is 19.7. The van der Waals surface area contributed by atoms with Gasteiger partial charge in [-0.15, -0.1) is 0 Å². The minimum Gasteiger partial charge on any atom is -0.480 e. The maximum absolute atomic E-state index is 14.1. The van der Waals surface area contributed by atoms with Crippen LogP contribution in [0.2, 0.25) is 10.0 Å². The molecular formula is C20H15Cl2FN2O4. The van der Waals surface area contributed by atoms with Gasteiger partial charge in [-0.2, -0.15) is 0 Å². The topological polar surface area (TPSA) is 77.9 Å². The number of carboxylic acids is 1. The summed E-state index contributed by atoms with van der Waals surface area (Å²) in [5, 5.41) is 9.92. The highest BCUT2D eigenvalue weighted by atomic mass is 35.5. The number of nitrogens with zero attached hydrogens (tertiary/aromatic N) is 2. The van der Waals surface area contributed by atoms with Crippen molar-refractivity contribution in [2.75, 3.05) is 18.0 Å². The summed E-state index contributed by atoms with van der Waals surface area (Å²) < 4.78 is 14.1. The molecule has 2 aliphatic rings. The molecule has 2 aromatic rings. The summed E-state index contributed by atoms with van der Waals surface area (Å²) in [7, 11) is 0. The summed E-state index contributed by atoms with van der Waals surface area (Å²) in [4.78, 5) is 39.8. The molecule has 1 fully saturated rings. The minimum atomic E-state index is -1.25. The van der Waals surface area contributed by atoms with Crippen molar-refractivity contribution in [2.24, 2.45) is 0 Å². The zero-order valence-corrected chi connectivity index (χ0v) is 16.5. The van der Waals surface area contributed by atoms with E-state index in [0.717, 1.165) is 4.90 Å². The third kappa shape index (κ3) is 3.24. The first-order chi connectivity index (χ1) is 13.7. The number of anilines is 1. The van der Waals surface area contributed by atoms with Crippen LogP contribution in [0, 0.1) is 5.82 Å². The van der Waals surface area contributed by atoms with Gasteiger partial charge in [0.1, 0.15) is 17.8 Å². The molecule has 0 bridgehead atoms. The lowest BCUT2D eigenvalue weighted by Gasteiger charge is -2.24. The number of carbonyl (C=O) groups is 3. The van der Waals surface area contributed by atoms with Gasteiger partial charge in [0, 0.05) is 40.8 Å². The van der Waals surface area contributed by atoms with Crippen LogP contribution in [0.1, 0.15) is 17.5 Å². The van der Waals surface area contributed by atoms with Crippen LogP contribution < -0.4 is 4.90 Å². The molecule has 0 aromatic heterocycles. The molecule has 0 radical (unpaired) electrons. The van der Waals surface area contributed by atoms with Crippen molar-refractivity contribution in [1.82, 2.24) is 4.90 Å². The third-order valence-electron chi connectivity index (χ3n) is 5.35. The first-order valence-corrected chi connectivity index (χ1v) is 9.52. The molecular weight excluding hydrogens is 422 g/mol. The van der Waals surface area contributed by atoms with Crippen LogP contribution in [-0.4, -0.2) is 40.9 Å². The Morgan fingerprint density at radius 1 is 1.14 bits per heavy atom. The van der Waals surface area contributed by atoms with Crippen molar-refractivity contribution in [3.05, 3.63) is 63.4 Å². The molecule has 29 heavy (non-hydrogen) atoms. The van der Waals surface area contributed by atoms with E-state index in [1.54, 1.807) is 18.2 Å². The minimum absolute atomic E-state index is 0.0000806. The second kappa shape index (κ2) is 7.00. The van der Waals surface area contributed by atoms with Gasteiger partial charge in [-0.3, -0.25) is 14.4 Å². The van der Waals surface area contributed by atoms with E-state index in [2.05, 4.69) is 0 Å². The highest BCUT2D eigenvalue weighted by molar-refractivity contribution is 6.31. The molecule has 1 spiro atoms. The van der Waals surface area contributed by atoms with Crippen molar-refractivity contribution in [2.45, 2.75) is 18.4 Å². The Labute approximate surface area is 175 Å². The standard InChI is InChI=1S/C20H15Cl2FN2O4/c21-12-1-3-15(23)11(5-12)8-24-10-20(7-17(24)26)14-6-13(22)2-4-16(14)25(19(20)29)9-18(27)28/h1-6H,7-10H2,(H,27,28). The maximum atomic E-state index is 14.1. The largest absolute Gasteiger partial charge is 0.480 e. The van der Waals surface area contributed by atoms with E-state index >= 15 is 0 Å². The number of benzene rings is 2. The number of carbonyl (C=O) groups excluding carboxylic acids is 2. The quantitative estimate of drug-likeness (QED) is 0.797. The molecule has 0 aliphatic carbocycles. The lowest BCUT2D eigenvalue weighted by atomic mass is 9.81. The highest BCUT2D eigenvalue weighted by Crippen LogP contribution is 2.48. The number of carboxylic acid groups (broad SMARTS) is 1. The van der Waals surface area contributed by atoms with Gasteiger partial charge < -0.3 is 14.9 Å². The molecule has 9 heteroatoms. The maximum Gasteiger partial charge on any atom is 0.323 e. The van der Waals surface area contributed by atoms with E-state index in [9.17, 15) is 23.9 Å². The van der Waals surface area contributed by atoms with Crippen molar-refractivity contribution in [3.8, 4) is 0 Å². The lowest BCUT2D eigenvalue weighted by Crippen LogP contribution is -2.44. The van der Waals surface area contributed by atoms with Crippen LogP contribution in [0.15, 0.2) is 36.4 Å². The van der Waals surface area contributed by atoms with Crippen molar-refractivity contribution in [3.63, 3.8) is 0 Å². The van der Waals surface area contributed by atoms with Gasteiger partial charge >= 0.3 is 5.97 Å². The Morgan fingerprint density at radius 2 is 1.83 bits per heavy atom. The monoisotopic (exact) mass is 436 g/mol. The van der Waals surface area contributed by atoms with Gasteiger partial charge in [0.2, 0.25) is 11.8 Å². The van der Waals surface area contributed by atoms with Crippen LogP contribution in [-0.2, 0) is 26.3 Å². The van der Waals surface area contributed by atoms with E-state index in [1.165, 1.54) is 23.1 Å². The molecule has 1 unspecified atom stereocenters. The molecule has 150 valence electrons. The Morgan fingerprint density at radius 3 is 2.55 bits per heavy atom. The van der Waals surface area contributed by atoms with Crippen molar-refractivity contribution >= 4 is 46.7 Å². The summed E-state index contributed by atoms with van der Waals surface area (Å²) in [6, 6.07) is 8.81. The molecule has 1 saturated heterocycles. The van der Waals surface area contributed by atoms with Crippen LogP contribution in [0.4, 0.5) is 10.1 Å². The summed E-state index contributed by atoms with van der Waals surface area (Å²) in [6.07, 6.45) is -0.141. The van der Waals surface area contributed by atoms with Gasteiger partial charge in [0.25, 0.3) is 0 Å². The molecule has 2 heterocycles. The van der Waals surface area contributed by atoms with E-state index in [-0.39, 0.29) is 31.0 Å². The number of halogens is 3. The van der Waals surface area contributed by atoms with E-state index < -0.39 is 29.7 Å². The van der Waals surface area contributed by atoms with Crippen LogP contribution in [0.25, 0.3) is 0 Å². The molecule has 4 rings (SSSR count). The van der Waals surface area contributed by atoms with Crippen LogP contribution >= 0.6 is 23.2 Å². The van der Waals surface area contributed by atoms with Gasteiger partial charge in [-0.25, -0.2) is 4.39 Å². The van der Waals surface area contributed by atoms with Gasteiger partial charge in [-0.1, -0.05) is 23.2 Å². The molecule has 0 saturated carbocycles. The van der Waals surface area contributed by atoms with E-state index in [0.29, 0.717) is 21.3 Å². The Kier molecular flexibility index (Phi) is 4.75. The summed E-state index contributed by atoms with van der Waals surface area (Å²) in [5.41, 5.74) is -0.0759. The Hall–Kier alpha value is -2.64. The molecule has 6 nitrogen and oxygen atoms in total. The highest BCUT2D eigenvalue weighted by Gasteiger charge is 2.57. The normalized spacial score (nSPS) is 20.7. The second-order valence-electron chi connectivity index (χ2n) is 7.19. The molecule has 2 amide bonds. The summed E-state index contributed by atoms with van der Waals surface area (Å²) in [5.74, 6) is -2.48. The second-order valence-corrected chi connectivity index (χ2v) is 8.06. The number of aliphatic carboxylic acids is 1. The SMILES string of the molecule is O=C(O)CN1C(=O)C2(CC(=O)N(Cc3cc(Cl)ccc3F)C2)c2cc(Cl)ccc21. The fraction of sp³-hybridized carbons (Fsp3) is 0.250. The summed E-state index contributed by atoms with van der Waals surface area (Å²) in [6.45, 7) is -0.568. The lowest BCUT2D eigenvalue weighted by molar-refractivity contribution is -0.137. The number of rotatable bonds is 4. The first-order valence-electron chi connectivity index (χ1n) is 8.77. The Balaban J connectivity index is 1.72. The fourth-order valence-corrected chi connectivity index (χ4v) is 4.45. The van der Waals surface area contributed by atoms with Crippen molar-refractivity contribution in [1.29, 1.82) is 0 Å². The number of likely N-dealkylation sites (tertiary alicyclic amines) is 1. The van der Waals surface area contributed by atoms with Crippen molar-refractivity contribution < 1.29 is 23.9 Å². The number of fused-ring (bicyclic) bond motifs is 2. The van der Waals surface area contributed by atoms with E-state index in [1.807, 2.05) is 0 Å².